The Morgan fingerprint density at radius 2 is 1.97 bits per heavy atom. The van der Waals surface area contributed by atoms with Gasteiger partial charge in [0, 0.05) is 16.1 Å². The fourth-order valence-corrected chi connectivity index (χ4v) is 2.87. The van der Waals surface area contributed by atoms with E-state index < -0.39 is 11.9 Å². The molecule has 2 aromatic carbocycles. The number of rotatable bonds is 5. The van der Waals surface area contributed by atoms with E-state index >= 15 is 0 Å². The molecule has 0 aliphatic heterocycles. The summed E-state index contributed by atoms with van der Waals surface area (Å²) in [4.78, 5) is 29.2. The number of aromatic nitrogens is 2. The summed E-state index contributed by atoms with van der Waals surface area (Å²) in [6, 6.07) is 11.5. The normalized spacial score (nSPS) is 10.8. The predicted octanol–water partition coefficient (Wildman–Crippen LogP) is 4.57. The molecule has 4 aromatic rings. The molecular weight excluding hydrogens is 398 g/mol. The van der Waals surface area contributed by atoms with Gasteiger partial charge in [-0.15, -0.1) is 0 Å². The average molecular weight is 412 g/mol. The molecule has 0 aliphatic carbocycles. The Labute approximate surface area is 169 Å². The molecule has 0 unspecified atom stereocenters. The van der Waals surface area contributed by atoms with Crippen LogP contribution in [0.1, 0.15) is 27.6 Å². The molecule has 0 fully saturated rings. The molecule has 8 nitrogen and oxygen atoms in total. The van der Waals surface area contributed by atoms with E-state index in [1.54, 1.807) is 49.4 Å². The second-order valence-electron chi connectivity index (χ2n) is 5.95. The molecule has 4 rings (SSSR count). The van der Waals surface area contributed by atoms with E-state index in [1.807, 2.05) is 0 Å². The Morgan fingerprint density at radius 1 is 1.17 bits per heavy atom. The molecule has 0 bridgehead atoms. The summed E-state index contributed by atoms with van der Waals surface area (Å²) < 4.78 is 15.5. The van der Waals surface area contributed by atoms with Gasteiger partial charge in [-0.05, 0) is 37.3 Å². The first kappa shape index (κ1) is 18.7. The molecule has 29 heavy (non-hydrogen) atoms. The number of carbonyl (C=O) groups excluding carboxylic acids is 2. The van der Waals surface area contributed by atoms with Gasteiger partial charge in [-0.2, -0.15) is 0 Å². The highest BCUT2D eigenvalue weighted by molar-refractivity contribution is 6.30. The summed E-state index contributed by atoms with van der Waals surface area (Å²) in [6.07, 6.45) is 1.29. The average Bonchev–Trinajstić information content (AvgIpc) is 3.35. The van der Waals surface area contributed by atoms with E-state index in [4.69, 9.17) is 25.3 Å². The summed E-state index contributed by atoms with van der Waals surface area (Å²) in [5, 5.41) is 7.05. The zero-order valence-electron chi connectivity index (χ0n) is 15.1. The van der Waals surface area contributed by atoms with Gasteiger partial charge in [0.15, 0.2) is 17.5 Å². The summed E-state index contributed by atoms with van der Waals surface area (Å²) >= 11 is 5.92. The minimum Gasteiger partial charge on any atom is -0.462 e. The molecule has 1 amide bonds. The Morgan fingerprint density at radius 3 is 2.72 bits per heavy atom. The van der Waals surface area contributed by atoms with Gasteiger partial charge in [-0.25, -0.2) is 9.78 Å². The van der Waals surface area contributed by atoms with Crippen molar-refractivity contribution in [1.29, 1.82) is 0 Å². The number of nitrogens with one attached hydrogen (secondary N) is 1. The van der Waals surface area contributed by atoms with Gasteiger partial charge < -0.3 is 13.7 Å². The molecule has 2 aromatic heterocycles. The summed E-state index contributed by atoms with van der Waals surface area (Å²) in [5.41, 5.74) is 2.24. The maximum atomic E-state index is 12.7. The van der Waals surface area contributed by atoms with Crippen molar-refractivity contribution < 1.29 is 23.3 Å². The van der Waals surface area contributed by atoms with Crippen molar-refractivity contribution in [3.8, 4) is 11.3 Å². The van der Waals surface area contributed by atoms with E-state index in [0.29, 0.717) is 27.2 Å². The molecular formula is C20H14ClN3O5. The lowest BCUT2D eigenvalue weighted by molar-refractivity contribution is 0.0528. The fraction of sp³-hybridized carbons (Fsp3) is 0.100. The summed E-state index contributed by atoms with van der Waals surface area (Å²) in [7, 11) is 0. The van der Waals surface area contributed by atoms with Crippen molar-refractivity contribution in [2.75, 3.05) is 11.9 Å². The van der Waals surface area contributed by atoms with Crippen LogP contribution in [0.4, 0.5) is 5.88 Å². The van der Waals surface area contributed by atoms with E-state index in [9.17, 15) is 9.59 Å². The molecule has 1 N–H and O–H groups in total. The monoisotopic (exact) mass is 411 g/mol. The number of ether oxygens (including phenoxy) is 1. The van der Waals surface area contributed by atoms with Crippen LogP contribution in [0.15, 0.2) is 57.8 Å². The number of esters is 1. The molecule has 0 aliphatic rings. The molecule has 0 radical (unpaired) electrons. The van der Waals surface area contributed by atoms with Crippen molar-refractivity contribution in [2.24, 2.45) is 0 Å². The van der Waals surface area contributed by atoms with Crippen molar-refractivity contribution in [1.82, 2.24) is 10.1 Å². The van der Waals surface area contributed by atoms with Crippen molar-refractivity contribution >= 4 is 40.5 Å². The van der Waals surface area contributed by atoms with E-state index in [-0.39, 0.29) is 23.7 Å². The highest BCUT2D eigenvalue weighted by atomic mass is 35.5. The number of hydrogen-bond acceptors (Lipinski definition) is 7. The number of anilines is 1. The van der Waals surface area contributed by atoms with Gasteiger partial charge in [0.25, 0.3) is 5.91 Å². The zero-order valence-corrected chi connectivity index (χ0v) is 15.9. The molecule has 0 saturated heterocycles. The quantitative estimate of drug-likeness (QED) is 0.479. The number of fused-ring (bicyclic) bond motifs is 1. The van der Waals surface area contributed by atoms with Gasteiger partial charge in [0.1, 0.15) is 11.2 Å². The van der Waals surface area contributed by atoms with Crippen LogP contribution in [-0.4, -0.2) is 28.6 Å². The number of benzene rings is 2. The number of carbonyl (C=O) groups is 2. The highest BCUT2D eigenvalue weighted by Crippen LogP contribution is 2.31. The number of nitrogens with zero attached hydrogens (tertiary/aromatic N) is 2. The first-order valence-corrected chi connectivity index (χ1v) is 9.02. The van der Waals surface area contributed by atoms with Gasteiger partial charge in [-0.3, -0.25) is 10.1 Å². The van der Waals surface area contributed by atoms with Crippen molar-refractivity contribution in [3.63, 3.8) is 0 Å². The van der Waals surface area contributed by atoms with E-state index in [1.165, 1.54) is 6.39 Å². The van der Waals surface area contributed by atoms with Crippen molar-refractivity contribution in [2.45, 2.75) is 6.92 Å². The van der Waals surface area contributed by atoms with Crippen LogP contribution in [0.25, 0.3) is 22.4 Å². The predicted molar refractivity (Wildman–Crippen MR) is 105 cm³/mol. The lowest BCUT2D eigenvalue weighted by atomic mass is 10.1. The largest absolute Gasteiger partial charge is 0.462 e. The lowest BCUT2D eigenvalue weighted by Gasteiger charge is -2.06. The van der Waals surface area contributed by atoms with Crippen LogP contribution >= 0.6 is 11.6 Å². The third kappa shape index (κ3) is 3.70. The van der Waals surface area contributed by atoms with Crippen LogP contribution in [0.5, 0.6) is 0 Å². The minimum absolute atomic E-state index is 0.0186. The summed E-state index contributed by atoms with van der Waals surface area (Å²) in [6.45, 7) is 1.83. The third-order valence-corrected chi connectivity index (χ3v) is 4.36. The zero-order chi connectivity index (χ0) is 20.4. The SMILES string of the molecule is CCOC(=O)c1c(-c2ccc(Cl)cc2)noc1NC(=O)c1ccc2ocnc2c1. The number of amides is 1. The second kappa shape index (κ2) is 7.76. The van der Waals surface area contributed by atoms with Crippen LogP contribution in [0.3, 0.4) is 0 Å². The van der Waals surface area contributed by atoms with Crippen LogP contribution < -0.4 is 5.32 Å². The maximum Gasteiger partial charge on any atom is 0.346 e. The fourth-order valence-electron chi connectivity index (χ4n) is 2.75. The lowest BCUT2D eigenvalue weighted by Crippen LogP contribution is -2.15. The third-order valence-electron chi connectivity index (χ3n) is 4.11. The Bertz CT molecular complexity index is 1200. The van der Waals surface area contributed by atoms with Crippen LogP contribution in [0, 0.1) is 0 Å². The number of oxazole rings is 1. The molecule has 9 heteroatoms. The van der Waals surface area contributed by atoms with Crippen LogP contribution in [-0.2, 0) is 4.74 Å². The summed E-state index contributed by atoms with van der Waals surface area (Å²) in [5.74, 6) is -1.28. The topological polar surface area (TPSA) is 107 Å². The molecule has 0 saturated carbocycles. The molecule has 0 spiro atoms. The van der Waals surface area contributed by atoms with Gasteiger partial charge in [0.05, 0.1) is 6.61 Å². The smallest absolute Gasteiger partial charge is 0.346 e. The standard InChI is InChI=1S/C20H14ClN3O5/c1-2-27-20(26)16-17(11-3-6-13(21)7-4-11)24-29-19(16)23-18(25)12-5-8-15-14(9-12)22-10-28-15/h3-10H,2H2,1H3,(H,23,25). The first-order chi connectivity index (χ1) is 14.1. The number of halogens is 1. The number of hydrogen-bond donors (Lipinski definition) is 1. The van der Waals surface area contributed by atoms with Crippen molar-refractivity contribution in [3.05, 3.63) is 65.0 Å². The van der Waals surface area contributed by atoms with Gasteiger partial charge in [-0.1, -0.05) is 28.9 Å². The molecule has 146 valence electrons. The highest BCUT2D eigenvalue weighted by Gasteiger charge is 2.27. The molecule has 0 atom stereocenters. The minimum atomic E-state index is -0.666. The van der Waals surface area contributed by atoms with Gasteiger partial charge in [0.2, 0.25) is 5.88 Å². The van der Waals surface area contributed by atoms with E-state index in [2.05, 4.69) is 15.5 Å². The molecule has 2 heterocycles. The Kier molecular flexibility index (Phi) is 5.01. The van der Waals surface area contributed by atoms with Crippen LogP contribution in [0.2, 0.25) is 5.02 Å². The van der Waals surface area contributed by atoms with E-state index in [0.717, 1.165) is 0 Å². The maximum absolute atomic E-state index is 12.7. The first-order valence-electron chi connectivity index (χ1n) is 8.64. The Hall–Kier alpha value is -3.65. The van der Waals surface area contributed by atoms with Gasteiger partial charge >= 0.3 is 5.97 Å². The Balaban J connectivity index is 1.69. The second-order valence-corrected chi connectivity index (χ2v) is 6.39.